The molecule has 0 atom stereocenters. The SMILES string of the molecule is CC(C)(C)OC(=O)N(OCC(=O)O)c1ccc([N+](=O)[O-])cc1. The monoisotopic (exact) mass is 312 g/mol. The number of aliphatic carboxylic acids is 1. The Balaban J connectivity index is 3.00. The molecule has 1 aromatic carbocycles. The number of non-ortho nitro benzene ring substituents is 1. The highest BCUT2D eigenvalue weighted by atomic mass is 16.7. The summed E-state index contributed by atoms with van der Waals surface area (Å²) in [5.74, 6) is -1.28. The zero-order valence-corrected chi connectivity index (χ0v) is 12.3. The van der Waals surface area contributed by atoms with Crippen molar-refractivity contribution >= 4 is 23.4 Å². The van der Waals surface area contributed by atoms with Crippen molar-refractivity contribution in [2.75, 3.05) is 11.7 Å². The van der Waals surface area contributed by atoms with Gasteiger partial charge in [-0.2, -0.15) is 5.06 Å². The molecule has 0 unspecified atom stereocenters. The Kier molecular flexibility index (Phi) is 5.41. The number of ether oxygens (including phenoxy) is 1. The van der Waals surface area contributed by atoms with Crippen LogP contribution in [0.3, 0.4) is 0 Å². The number of anilines is 1. The first kappa shape index (κ1) is 17.4. The summed E-state index contributed by atoms with van der Waals surface area (Å²) in [4.78, 5) is 37.5. The summed E-state index contributed by atoms with van der Waals surface area (Å²) in [6.07, 6.45) is -0.928. The maximum Gasteiger partial charge on any atom is 0.439 e. The molecule has 0 aliphatic rings. The molecule has 1 aromatic rings. The van der Waals surface area contributed by atoms with Crippen molar-refractivity contribution < 1.29 is 29.2 Å². The molecule has 1 amide bonds. The number of nitro groups is 1. The van der Waals surface area contributed by atoms with Crippen molar-refractivity contribution in [3.05, 3.63) is 34.4 Å². The Morgan fingerprint density at radius 3 is 2.23 bits per heavy atom. The maximum atomic E-state index is 12.0. The van der Waals surface area contributed by atoms with Gasteiger partial charge in [0.15, 0.2) is 6.61 Å². The third-order valence-electron chi connectivity index (χ3n) is 2.17. The number of nitro benzene ring substituents is 1. The lowest BCUT2D eigenvalue weighted by atomic mass is 10.2. The zero-order chi connectivity index (χ0) is 16.9. The van der Waals surface area contributed by atoms with Crippen LogP contribution in [0.1, 0.15) is 20.8 Å². The smallest absolute Gasteiger partial charge is 0.439 e. The fraction of sp³-hybridized carbons (Fsp3) is 0.385. The lowest BCUT2D eigenvalue weighted by Gasteiger charge is -2.26. The Bertz CT molecular complexity index is 563. The standard InChI is InChI=1S/C13H16N2O7/c1-13(2,3)22-12(18)14(21-8-11(16)17)9-4-6-10(7-5-9)15(19)20/h4-7H,8H2,1-3H3,(H,16,17). The minimum absolute atomic E-state index is 0.112. The number of nitrogens with zero attached hydrogens (tertiary/aromatic N) is 2. The average Bonchev–Trinajstić information content (AvgIpc) is 2.37. The topological polar surface area (TPSA) is 119 Å². The van der Waals surface area contributed by atoms with Gasteiger partial charge >= 0.3 is 12.1 Å². The van der Waals surface area contributed by atoms with E-state index in [1.807, 2.05) is 0 Å². The van der Waals surface area contributed by atoms with E-state index in [0.29, 0.717) is 5.06 Å². The molecule has 0 heterocycles. The summed E-state index contributed by atoms with van der Waals surface area (Å²) >= 11 is 0. The van der Waals surface area contributed by atoms with Gasteiger partial charge in [0.05, 0.1) is 10.6 Å². The number of carbonyl (C=O) groups excluding carboxylic acids is 1. The van der Waals surface area contributed by atoms with Gasteiger partial charge in [-0.05, 0) is 32.9 Å². The van der Waals surface area contributed by atoms with E-state index < -0.39 is 29.2 Å². The molecule has 0 radical (unpaired) electrons. The number of carboxylic acid groups (broad SMARTS) is 1. The molecule has 0 saturated heterocycles. The summed E-state index contributed by atoms with van der Waals surface area (Å²) in [6.45, 7) is 4.14. The highest BCUT2D eigenvalue weighted by Crippen LogP contribution is 2.22. The second-order valence-corrected chi connectivity index (χ2v) is 5.22. The van der Waals surface area contributed by atoms with Crippen molar-refractivity contribution in [2.24, 2.45) is 0 Å². The van der Waals surface area contributed by atoms with Crippen molar-refractivity contribution in [1.29, 1.82) is 0 Å². The van der Waals surface area contributed by atoms with Crippen LogP contribution >= 0.6 is 0 Å². The average molecular weight is 312 g/mol. The van der Waals surface area contributed by atoms with Crippen molar-refractivity contribution in [1.82, 2.24) is 0 Å². The third-order valence-corrected chi connectivity index (χ3v) is 2.17. The second kappa shape index (κ2) is 6.85. The molecule has 1 rings (SSSR count). The first-order valence-electron chi connectivity index (χ1n) is 6.22. The predicted molar refractivity (Wildman–Crippen MR) is 75.4 cm³/mol. The van der Waals surface area contributed by atoms with Gasteiger partial charge in [-0.1, -0.05) is 0 Å². The van der Waals surface area contributed by atoms with Crippen LogP contribution in [0, 0.1) is 10.1 Å². The second-order valence-electron chi connectivity index (χ2n) is 5.22. The third kappa shape index (κ3) is 5.37. The van der Waals surface area contributed by atoms with Crippen LogP contribution in [-0.4, -0.2) is 34.3 Å². The van der Waals surface area contributed by atoms with E-state index >= 15 is 0 Å². The van der Waals surface area contributed by atoms with Crippen molar-refractivity contribution in [2.45, 2.75) is 26.4 Å². The van der Waals surface area contributed by atoms with Crippen LogP contribution in [0.15, 0.2) is 24.3 Å². The largest absolute Gasteiger partial charge is 0.479 e. The minimum atomic E-state index is -1.28. The summed E-state index contributed by atoms with van der Waals surface area (Å²) in [5.41, 5.74) is -0.880. The van der Waals surface area contributed by atoms with E-state index in [0.717, 1.165) is 12.1 Å². The lowest BCUT2D eigenvalue weighted by molar-refractivity contribution is -0.384. The van der Waals surface area contributed by atoms with Gasteiger partial charge in [0, 0.05) is 12.1 Å². The predicted octanol–water partition coefficient (Wildman–Crippen LogP) is 2.35. The molecule has 9 heteroatoms. The van der Waals surface area contributed by atoms with Crippen LogP contribution in [0.4, 0.5) is 16.2 Å². The number of amides is 1. The van der Waals surface area contributed by atoms with Gasteiger partial charge in [-0.3, -0.25) is 15.0 Å². The van der Waals surface area contributed by atoms with Gasteiger partial charge in [0.2, 0.25) is 0 Å². The number of carboxylic acids is 1. The maximum absolute atomic E-state index is 12.0. The molecule has 9 nitrogen and oxygen atoms in total. The zero-order valence-electron chi connectivity index (χ0n) is 12.3. The molecule has 22 heavy (non-hydrogen) atoms. The number of carbonyl (C=O) groups is 2. The molecule has 0 fully saturated rings. The Labute approximate surface area is 126 Å². The van der Waals surface area contributed by atoms with E-state index in [9.17, 15) is 19.7 Å². The fourth-order valence-corrected chi connectivity index (χ4v) is 1.37. The number of hydrogen-bond donors (Lipinski definition) is 1. The van der Waals surface area contributed by atoms with E-state index in [4.69, 9.17) is 14.7 Å². The summed E-state index contributed by atoms with van der Waals surface area (Å²) in [7, 11) is 0. The van der Waals surface area contributed by atoms with Crippen LogP contribution in [0.2, 0.25) is 0 Å². The quantitative estimate of drug-likeness (QED) is 0.654. The van der Waals surface area contributed by atoms with Gasteiger partial charge in [0.25, 0.3) is 5.69 Å². The highest BCUT2D eigenvalue weighted by Gasteiger charge is 2.25. The van der Waals surface area contributed by atoms with Gasteiger partial charge in [-0.15, -0.1) is 0 Å². The van der Waals surface area contributed by atoms with E-state index in [1.165, 1.54) is 12.1 Å². The van der Waals surface area contributed by atoms with E-state index in [1.54, 1.807) is 20.8 Å². The highest BCUT2D eigenvalue weighted by molar-refractivity contribution is 5.86. The summed E-state index contributed by atoms with van der Waals surface area (Å²) < 4.78 is 5.10. The Morgan fingerprint density at radius 1 is 1.27 bits per heavy atom. The lowest BCUT2D eigenvalue weighted by Crippen LogP contribution is -2.38. The first-order valence-corrected chi connectivity index (χ1v) is 6.22. The minimum Gasteiger partial charge on any atom is -0.479 e. The van der Waals surface area contributed by atoms with E-state index in [2.05, 4.69) is 0 Å². The molecule has 0 aliphatic heterocycles. The van der Waals surface area contributed by atoms with Crippen molar-refractivity contribution in [3.63, 3.8) is 0 Å². The molecule has 0 spiro atoms. The van der Waals surface area contributed by atoms with Crippen molar-refractivity contribution in [3.8, 4) is 0 Å². The molecule has 1 N–H and O–H groups in total. The van der Waals surface area contributed by atoms with Crippen LogP contribution < -0.4 is 5.06 Å². The summed E-state index contributed by atoms with van der Waals surface area (Å²) in [6, 6.07) is 4.83. The Morgan fingerprint density at radius 2 is 1.82 bits per heavy atom. The van der Waals surface area contributed by atoms with Crippen LogP contribution in [-0.2, 0) is 14.4 Å². The van der Waals surface area contributed by atoms with Gasteiger partial charge in [-0.25, -0.2) is 9.59 Å². The summed E-state index contributed by atoms with van der Waals surface area (Å²) in [5, 5.41) is 19.9. The molecular weight excluding hydrogens is 296 g/mol. The normalized spacial score (nSPS) is 10.9. The molecule has 0 bridgehead atoms. The fourth-order valence-electron chi connectivity index (χ4n) is 1.37. The molecule has 0 saturated carbocycles. The number of hydroxylamine groups is 1. The Hall–Kier alpha value is -2.68. The molecule has 0 aliphatic carbocycles. The van der Waals surface area contributed by atoms with Gasteiger partial charge < -0.3 is 9.84 Å². The molecule has 120 valence electrons. The number of benzene rings is 1. The number of hydrogen-bond acceptors (Lipinski definition) is 6. The molecular formula is C13H16N2O7. The molecule has 0 aromatic heterocycles. The van der Waals surface area contributed by atoms with E-state index in [-0.39, 0.29) is 11.4 Å². The number of rotatable bonds is 5. The van der Waals surface area contributed by atoms with Crippen LogP contribution in [0.25, 0.3) is 0 Å². The van der Waals surface area contributed by atoms with Crippen LogP contribution in [0.5, 0.6) is 0 Å². The first-order chi connectivity index (χ1) is 10.1. The van der Waals surface area contributed by atoms with Gasteiger partial charge in [0.1, 0.15) is 5.60 Å².